The van der Waals surface area contributed by atoms with Gasteiger partial charge < -0.3 is 14.2 Å². The molecule has 49 heavy (non-hydrogen) atoms. The fraction of sp³-hybridized carbons (Fsp3) is 0.486. The molecule has 12 nitrogen and oxygen atoms in total. The number of amides is 5. The fourth-order valence-electron chi connectivity index (χ4n) is 8.09. The van der Waals surface area contributed by atoms with Gasteiger partial charge in [-0.1, -0.05) is 11.6 Å². The highest BCUT2D eigenvalue weighted by atomic mass is 16.6. The van der Waals surface area contributed by atoms with E-state index in [1.165, 1.54) is 29.6 Å². The first-order valence-electron chi connectivity index (χ1n) is 17.3. The van der Waals surface area contributed by atoms with Crippen LogP contribution in [0.15, 0.2) is 42.2 Å². The Hall–Kier alpha value is -4.87. The lowest BCUT2D eigenvalue weighted by molar-refractivity contribution is -0.137. The van der Waals surface area contributed by atoms with Crippen LogP contribution in [0.1, 0.15) is 107 Å². The van der Waals surface area contributed by atoms with Crippen LogP contribution in [-0.4, -0.2) is 61.3 Å². The molecule has 3 unspecified atom stereocenters. The number of pyridine rings is 2. The molecule has 3 aromatic heterocycles. The predicted octanol–water partition coefficient (Wildman–Crippen LogP) is 4.87. The van der Waals surface area contributed by atoms with E-state index in [2.05, 4.69) is 26.7 Å². The summed E-state index contributed by atoms with van der Waals surface area (Å²) in [5.41, 5.74) is 7.27. The number of fused-ring (bicyclic) bond motifs is 5. The third-order valence-corrected chi connectivity index (χ3v) is 10.1. The maximum atomic E-state index is 12.5. The maximum Gasteiger partial charge on any atom is 0.410 e. The van der Waals surface area contributed by atoms with Gasteiger partial charge >= 0.3 is 6.09 Å². The molecule has 0 radical (unpaired) electrons. The van der Waals surface area contributed by atoms with Crippen LogP contribution in [0.4, 0.5) is 4.79 Å². The molecule has 2 saturated heterocycles. The van der Waals surface area contributed by atoms with E-state index in [1.807, 2.05) is 49.7 Å². The molecule has 0 bridgehead atoms. The minimum atomic E-state index is -0.556. The smallest absolute Gasteiger partial charge is 0.410 e. The predicted molar refractivity (Wildman–Crippen MR) is 180 cm³/mol. The van der Waals surface area contributed by atoms with Gasteiger partial charge in [0, 0.05) is 60.8 Å². The zero-order chi connectivity index (χ0) is 34.4. The summed E-state index contributed by atoms with van der Waals surface area (Å²) in [6.07, 6.45) is 10.2. The molecule has 3 aromatic rings. The Kier molecular flexibility index (Phi) is 8.58. The monoisotopic (exact) mass is 666 g/mol. The zero-order valence-electron chi connectivity index (χ0n) is 28.2. The van der Waals surface area contributed by atoms with Gasteiger partial charge in [0.1, 0.15) is 17.3 Å². The third-order valence-electron chi connectivity index (χ3n) is 10.1. The van der Waals surface area contributed by atoms with Crippen LogP contribution in [0.3, 0.4) is 0 Å². The second kappa shape index (κ2) is 12.9. The Balaban J connectivity index is 0.000000160. The second-order valence-electron chi connectivity index (χ2n) is 14.5. The first-order chi connectivity index (χ1) is 23.5. The van der Waals surface area contributed by atoms with Gasteiger partial charge in [-0.05, 0) is 88.6 Å². The summed E-state index contributed by atoms with van der Waals surface area (Å²) >= 11 is 0. The minimum absolute atomic E-state index is 0.0876. The van der Waals surface area contributed by atoms with Crippen molar-refractivity contribution >= 4 is 46.3 Å². The van der Waals surface area contributed by atoms with Crippen molar-refractivity contribution in [2.75, 3.05) is 6.54 Å². The molecule has 0 aromatic carbocycles. The number of carbonyl (C=O) groups excluding carboxylic acids is 5. The summed E-state index contributed by atoms with van der Waals surface area (Å²) in [6, 6.07) is 7.46. The van der Waals surface area contributed by atoms with Crippen molar-refractivity contribution in [2.24, 2.45) is 5.92 Å². The second-order valence-corrected chi connectivity index (χ2v) is 14.5. The van der Waals surface area contributed by atoms with Crippen LogP contribution in [0.5, 0.6) is 0 Å². The van der Waals surface area contributed by atoms with E-state index >= 15 is 0 Å². The van der Waals surface area contributed by atoms with E-state index in [-0.39, 0.29) is 41.6 Å². The Morgan fingerprint density at radius 1 is 0.878 bits per heavy atom. The Bertz CT molecular complexity index is 1900. The van der Waals surface area contributed by atoms with Crippen LogP contribution in [0, 0.1) is 5.92 Å². The van der Waals surface area contributed by atoms with Crippen LogP contribution in [-0.2, 0) is 36.9 Å². The van der Waals surface area contributed by atoms with Gasteiger partial charge in [0.25, 0.3) is 0 Å². The molecule has 2 N–H and O–H groups in total. The summed E-state index contributed by atoms with van der Waals surface area (Å²) in [6.45, 7) is 6.45. The number of nitrogens with zero attached hydrogens (tertiary/aromatic N) is 4. The van der Waals surface area contributed by atoms with Crippen LogP contribution >= 0.6 is 0 Å². The van der Waals surface area contributed by atoms with Crippen LogP contribution in [0.2, 0.25) is 0 Å². The minimum Gasteiger partial charge on any atom is -0.444 e. The van der Waals surface area contributed by atoms with Crippen LogP contribution < -0.4 is 10.6 Å². The van der Waals surface area contributed by atoms with Gasteiger partial charge in [0.2, 0.25) is 23.6 Å². The van der Waals surface area contributed by atoms with Gasteiger partial charge in [-0.2, -0.15) is 0 Å². The fourth-order valence-corrected chi connectivity index (χ4v) is 8.09. The highest BCUT2D eigenvalue weighted by molar-refractivity contribution is 6.01. The van der Waals surface area contributed by atoms with E-state index in [4.69, 9.17) is 4.74 Å². The highest BCUT2D eigenvalue weighted by Gasteiger charge is 2.43. The van der Waals surface area contributed by atoms with Gasteiger partial charge in [0.15, 0.2) is 0 Å². The van der Waals surface area contributed by atoms with Crippen molar-refractivity contribution in [1.82, 2.24) is 30.1 Å². The van der Waals surface area contributed by atoms with E-state index in [9.17, 15) is 24.0 Å². The molecule has 256 valence electrons. The average molecular weight is 667 g/mol. The lowest BCUT2D eigenvalue weighted by Gasteiger charge is -2.32. The summed E-state index contributed by atoms with van der Waals surface area (Å²) in [5.74, 6) is -0.848. The quantitative estimate of drug-likeness (QED) is 0.368. The first kappa shape index (κ1) is 32.7. The number of ether oxygens (including phenoxy) is 1. The lowest BCUT2D eigenvalue weighted by atomic mass is 9.77. The summed E-state index contributed by atoms with van der Waals surface area (Å²) < 4.78 is 7.48. The molecule has 2 fully saturated rings. The Morgan fingerprint density at radius 2 is 1.59 bits per heavy atom. The van der Waals surface area contributed by atoms with Crippen LogP contribution in [0.25, 0.3) is 16.6 Å². The molecule has 5 aliphatic rings. The molecule has 0 saturated carbocycles. The van der Waals surface area contributed by atoms with E-state index in [0.29, 0.717) is 50.8 Å². The van der Waals surface area contributed by atoms with E-state index in [1.54, 1.807) is 11.1 Å². The van der Waals surface area contributed by atoms with Gasteiger partial charge in [-0.25, -0.2) is 9.78 Å². The molecule has 3 atom stereocenters. The van der Waals surface area contributed by atoms with Gasteiger partial charge in [-0.15, -0.1) is 0 Å². The number of rotatable bonds is 2. The lowest BCUT2D eigenvalue weighted by Crippen LogP contribution is -2.43. The highest BCUT2D eigenvalue weighted by Crippen LogP contribution is 2.51. The number of allylic oxidation sites excluding steroid dienone is 2. The molecular formula is C37H42N6O6. The summed E-state index contributed by atoms with van der Waals surface area (Å²) in [5, 5.41) is 5.86. The summed E-state index contributed by atoms with van der Waals surface area (Å²) in [4.78, 5) is 71.1. The number of hydrogen-bond acceptors (Lipinski definition) is 8. The standard InChI is InChI=1S/C20H24N4O4.C17H18N2O2/c1-20(2,3)28-19(27)23-10-8-14-13(11-23)12-5-4-9-21-17(12)24(14)15-6-7-16(25)22-18(15)26;20-14-8-7-13(17(21)19-14)15-11-5-2-1-4-10(11)12-6-3-9-18-16(12)15/h4-5,9,15H,6-8,10-11H2,1-3H3,(H,22,25,26);3,6,9,13,15H,1-2,4-5,7-8H2,(H,19,20,21). The SMILES string of the molecule is CC(C)(C)OC(=O)N1CCc2c(c3cccnc3n2C2CCC(=O)NC2=O)C1.O=C1CCC(C2C3=C(CCCC3)c3cccnc32)C(=O)N1. The third kappa shape index (κ3) is 6.24. The van der Waals surface area contributed by atoms with Gasteiger partial charge in [-0.3, -0.25) is 34.8 Å². The number of nitrogens with one attached hydrogen (secondary N) is 2. The van der Waals surface area contributed by atoms with Crippen molar-refractivity contribution < 1.29 is 28.7 Å². The molecule has 12 heteroatoms. The van der Waals surface area contributed by atoms with Crippen molar-refractivity contribution in [1.29, 1.82) is 0 Å². The van der Waals surface area contributed by atoms with Gasteiger partial charge in [0.05, 0.1) is 18.2 Å². The number of imide groups is 2. The number of carbonyl (C=O) groups is 5. The maximum absolute atomic E-state index is 12.5. The largest absolute Gasteiger partial charge is 0.444 e. The molecule has 8 rings (SSSR count). The topological polar surface area (TPSA) is 153 Å². The average Bonchev–Trinajstić information content (AvgIpc) is 3.57. The Labute approximate surface area is 284 Å². The molecule has 6 heterocycles. The normalized spacial score (nSPS) is 23.6. The molecule has 3 aliphatic heterocycles. The van der Waals surface area contributed by atoms with Crippen molar-refractivity contribution in [2.45, 2.75) is 103 Å². The number of aromatic nitrogens is 3. The van der Waals surface area contributed by atoms with E-state index in [0.717, 1.165) is 35.2 Å². The first-order valence-corrected chi connectivity index (χ1v) is 17.3. The molecular weight excluding hydrogens is 624 g/mol. The summed E-state index contributed by atoms with van der Waals surface area (Å²) in [7, 11) is 0. The molecule has 2 aliphatic carbocycles. The molecule has 0 spiro atoms. The van der Waals surface area contributed by atoms with Crippen molar-refractivity contribution in [3.63, 3.8) is 0 Å². The Morgan fingerprint density at radius 3 is 2.35 bits per heavy atom. The van der Waals surface area contributed by atoms with E-state index < -0.39 is 11.6 Å². The van der Waals surface area contributed by atoms with Crippen molar-refractivity contribution in [3.05, 3.63) is 64.7 Å². The van der Waals surface area contributed by atoms with Crippen molar-refractivity contribution in [3.8, 4) is 0 Å². The number of piperidine rings is 2. The molecule has 5 amide bonds. The zero-order valence-corrected chi connectivity index (χ0v) is 28.2. The number of hydrogen-bond donors (Lipinski definition) is 2.